The summed E-state index contributed by atoms with van der Waals surface area (Å²) >= 11 is 0. The number of benzene rings is 12. The van der Waals surface area contributed by atoms with E-state index in [1.54, 1.807) is 0 Å². The summed E-state index contributed by atoms with van der Waals surface area (Å²) in [5.74, 6) is 0. The first-order valence-corrected chi connectivity index (χ1v) is 23.3. The Morgan fingerprint density at radius 1 is 0.279 bits per heavy atom. The van der Waals surface area contributed by atoms with E-state index in [2.05, 4.69) is 194 Å². The van der Waals surface area contributed by atoms with Crippen molar-refractivity contribution in [3.8, 4) is 44.5 Å². The van der Waals surface area contributed by atoms with Gasteiger partial charge < -0.3 is 4.90 Å². The Morgan fingerprint density at radius 2 is 0.838 bits per heavy atom. The van der Waals surface area contributed by atoms with Crippen molar-refractivity contribution in [3.05, 3.63) is 295 Å². The molecule has 0 aliphatic heterocycles. The van der Waals surface area contributed by atoms with Gasteiger partial charge in [-0.3, -0.25) is 0 Å². The molecule has 318 valence electrons. The van der Waals surface area contributed by atoms with E-state index in [0.29, 0.717) is 16.9 Å². The van der Waals surface area contributed by atoms with E-state index >= 15 is 0 Å². The molecule has 0 aromatic heterocycles. The third-order valence-electron chi connectivity index (χ3n) is 14.0. The maximum atomic E-state index is 10.0. The minimum absolute atomic E-state index is 0.102. The summed E-state index contributed by atoms with van der Waals surface area (Å²) in [5.41, 5.74) is 12.9. The Balaban J connectivity index is 1.03. The zero-order valence-electron chi connectivity index (χ0n) is 41.1. The van der Waals surface area contributed by atoms with E-state index in [1.807, 2.05) is 59.5 Å². The summed E-state index contributed by atoms with van der Waals surface area (Å²) in [6.07, 6.45) is 0. The Kier molecular flexibility index (Phi) is 8.49. The number of fused-ring (bicyclic) bond motifs is 7. The molecule has 1 aliphatic carbocycles. The minimum Gasteiger partial charge on any atom is -0.310 e. The van der Waals surface area contributed by atoms with Crippen molar-refractivity contribution >= 4 is 49.4 Å². The van der Waals surface area contributed by atoms with Gasteiger partial charge in [0.05, 0.1) is 10.9 Å². The smallest absolute Gasteiger partial charge is 0.0714 e. The Morgan fingerprint density at radius 3 is 1.60 bits per heavy atom. The molecular weight excluding hydrogens is 819 g/mol. The highest BCUT2D eigenvalue weighted by molar-refractivity contribution is 6.13. The summed E-state index contributed by atoms with van der Waals surface area (Å²) in [6.45, 7) is 0. The van der Waals surface area contributed by atoms with Crippen LogP contribution in [0.15, 0.2) is 273 Å². The topological polar surface area (TPSA) is 3.24 Å². The monoisotopic (exact) mass is 867 g/mol. The lowest BCUT2D eigenvalue weighted by Crippen LogP contribution is -2.28. The molecule has 1 aliphatic rings. The zero-order valence-corrected chi connectivity index (χ0v) is 37.1. The molecule has 0 saturated heterocycles. The highest BCUT2D eigenvalue weighted by Crippen LogP contribution is 2.57. The van der Waals surface area contributed by atoms with Crippen LogP contribution in [0.2, 0.25) is 0 Å². The van der Waals surface area contributed by atoms with Crippen LogP contribution in [0.1, 0.15) is 27.7 Å². The summed E-state index contributed by atoms with van der Waals surface area (Å²) in [6, 6.07) is 85.9. The molecule has 0 bridgehead atoms. The van der Waals surface area contributed by atoms with Crippen LogP contribution in [0, 0.1) is 0 Å². The lowest BCUT2D eigenvalue weighted by molar-refractivity contribution is 0.768. The Bertz CT molecular complexity index is 4020. The molecule has 0 atom stereocenters. The van der Waals surface area contributed by atoms with Crippen molar-refractivity contribution < 1.29 is 5.48 Å². The molecule has 12 aromatic carbocycles. The second kappa shape index (κ2) is 16.3. The molecule has 12 aromatic rings. The van der Waals surface area contributed by atoms with Crippen molar-refractivity contribution in [3.63, 3.8) is 0 Å². The Labute approximate surface area is 403 Å². The molecule has 0 N–H and O–H groups in total. The molecule has 1 heteroatoms. The van der Waals surface area contributed by atoms with Gasteiger partial charge in [0, 0.05) is 17.1 Å². The van der Waals surface area contributed by atoms with Crippen LogP contribution >= 0.6 is 0 Å². The van der Waals surface area contributed by atoms with Gasteiger partial charge in [-0.15, -0.1) is 0 Å². The zero-order chi connectivity index (χ0) is 48.5. The van der Waals surface area contributed by atoms with Gasteiger partial charge in [0.1, 0.15) is 0 Å². The number of rotatable bonds is 8. The van der Waals surface area contributed by atoms with Gasteiger partial charge in [0.15, 0.2) is 0 Å². The fraction of sp³-hybridized carbons (Fsp3) is 0.0149. The fourth-order valence-corrected chi connectivity index (χ4v) is 10.9. The van der Waals surface area contributed by atoms with E-state index in [4.69, 9.17) is 0 Å². The number of anilines is 3. The summed E-state index contributed by atoms with van der Waals surface area (Å²) in [7, 11) is 0. The predicted molar refractivity (Wildman–Crippen MR) is 287 cm³/mol. The average molecular weight is 868 g/mol. The van der Waals surface area contributed by atoms with Crippen LogP contribution in [0.5, 0.6) is 0 Å². The number of hydrogen-bond acceptors (Lipinski definition) is 1. The molecule has 68 heavy (non-hydrogen) atoms. The van der Waals surface area contributed by atoms with Crippen molar-refractivity contribution in [2.75, 3.05) is 4.90 Å². The highest BCUT2D eigenvalue weighted by atomic mass is 15.1. The summed E-state index contributed by atoms with van der Waals surface area (Å²) in [4.78, 5) is 1.93. The lowest BCUT2D eigenvalue weighted by atomic mass is 9.67. The molecule has 13 rings (SSSR count). The van der Waals surface area contributed by atoms with Crippen LogP contribution in [-0.2, 0) is 5.41 Å². The first-order chi connectivity index (χ1) is 35.4. The maximum Gasteiger partial charge on any atom is 0.0714 e. The molecule has 0 spiro atoms. The summed E-state index contributed by atoms with van der Waals surface area (Å²) in [5, 5.41) is 6.30. The van der Waals surface area contributed by atoms with Crippen LogP contribution in [-0.4, -0.2) is 0 Å². The van der Waals surface area contributed by atoms with E-state index < -0.39 is 5.41 Å². The van der Waals surface area contributed by atoms with Crippen LogP contribution in [0.4, 0.5) is 17.1 Å². The number of nitrogens with zero attached hydrogens (tertiary/aromatic N) is 1. The standard InChI is InChI=1S/C67H45N/c1-3-22-52(23-4-1)67(53-24-5-2-6-25-53)65-32-14-13-30-62(65)63-42-41-56(45-66(63)67)68(55-39-35-48(36-40-55)64-44-51-18-8-10-27-59(51)60-28-11-12-29-61(60)64)54-37-33-46(34-38-54)49-20-15-21-50(43-49)58-31-16-19-47-17-7-9-26-57(47)58/h1-45H/i35D,36D,39D,40D. The molecule has 0 radical (unpaired) electrons. The molecule has 0 unspecified atom stereocenters. The predicted octanol–water partition coefficient (Wildman–Crippen LogP) is 18.0. The van der Waals surface area contributed by atoms with Crippen molar-refractivity contribution in [1.82, 2.24) is 0 Å². The van der Waals surface area contributed by atoms with E-state index in [0.717, 1.165) is 66.1 Å². The molecule has 0 amide bonds. The average Bonchev–Trinajstić information content (AvgIpc) is 3.74. The lowest BCUT2D eigenvalue weighted by Gasteiger charge is -2.35. The molecule has 0 saturated carbocycles. The Hall–Kier alpha value is -8.78. The van der Waals surface area contributed by atoms with Crippen LogP contribution in [0.3, 0.4) is 0 Å². The van der Waals surface area contributed by atoms with Crippen molar-refractivity contribution in [2.45, 2.75) is 5.41 Å². The SMILES string of the molecule is [2H]c1c([2H])c(N(c2ccc(-c3cccc(-c4cccc5ccccc45)c3)cc2)c2ccc3c(c2)C(c2ccccc2)(c2ccccc2)c2ccccc2-3)c([2H])c([2H])c1-c1cc2ccccc2c2ccccc12. The van der Waals surface area contributed by atoms with E-state index in [1.165, 1.54) is 21.9 Å². The normalized spacial score (nSPS) is 13.4. The second-order valence-electron chi connectivity index (χ2n) is 17.7. The quantitative estimate of drug-likeness (QED) is 0.138. The van der Waals surface area contributed by atoms with Gasteiger partial charge in [-0.05, 0) is 148 Å². The van der Waals surface area contributed by atoms with Gasteiger partial charge in [-0.25, -0.2) is 0 Å². The third kappa shape index (κ3) is 6.39. The number of hydrogen-bond donors (Lipinski definition) is 0. The van der Waals surface area contributed by atoms with Crippen LogP contribution in [0.25, 0.3) is 76.8 Å². The maximum absolute atomic E-state index is 10.0. The van der Waals surface area contributed by atoms with E-state index in [-0.39, 0.29) is 35.4 Å². The second-order valence-corrected chi connectivity index (χ2v) is 17.7. The van der Waals surface area contributed by atoms with Gasteiger partial charge in [-0.2, -0.15) is 0 Å². The first kappa shape index (κ1) is 35.5. The summed E-state index contributed by atoms with van der Waals surface area (Å²) < 4.78 is 39.8. The minimum atomic E-state index is -0.704. The fourth-order valence-electron chi connectivity index (χ4n) is 10.9. The molecular formula is C67H45N. The molecule has 1 nitrogen and oxygen atoms in total. The largest absolute Gasteiger partial charge is 0.310 e. The van der Waals surface area contributed by atoms with E-state index in [9.17, 15) is 5.48 Å². The van der Waals surface area contributed by atoms with Crippen molar-refractivity contribution in [2.24, 2.45) is 0 Å². The van der Waals surface area contributed by atoms with Gasteiger partial charge >= 0.3 is 0 Å². The molecule has 0 fully saturated rings. The highest BCUT2D eigenvalue weighted by Gasteiger charge is 2.46. The van der Waals surface area contributed by atoms with Gasteiger partial charge in [-0.1, -0.05) is 224 Å². The first-order valence-electron chi connectivity index (χ1n) is 25.3. The van der Waals surface area contributed by atoms with Crippen molar-refractivity contribution in [1.29, 1.82) is 0 Å². The van der Waals surface area contributed by atoms with Gasteiger partial charge in [0.2, 0.25) is 0 Å². The third-order valence-corrected chi connectivity index (χ3v) is 14.0. The van der Waals surface area contributed by atoms with Crippen LogP contribution < -0.4 is 4.90 Å². The molecule has 0 heterocycles. The van der Waals surface area contributed by atoms with Gasteiger partial charge in [0.25, 0.3) is 0 Å².